The minimum Gasteiger partial charge on any atom is -0.378 e. The summed E-state index contributed by atoms with van der Waals surface area (Å²) in [5, 5.41) is 0. The highest BCUT2D eigenvalue weighted by Crippen LogP contribution is 2.39. The molecule has 1 aliphatic heterocycles. The highest BCUT2D eigenvalue weighted by Gasteiger charge is 2.27. The van der Waals surface area contributed by atoms with Gasteiger partial charge < -0.3 is 14.6 Å². The van der Waals surface area contributed by atoms with Crippen LogP contribution in [0.15, 0.2) is 18.2 Å². The van der Waals surface area contributed by atoms with Crippen molar-refractivity contribution in [1.29, 1.82) is 0 Å². The highest BCUT2D eigenvalue weighted by atomic mass is 16.5. The van der Waals surface area contributed by atoms with E-state index in [2.05, 4.69) is 9.97 Å². The average Bonchev–Trinajstić information content (AvgIpc) is 3.26. The van der Waals surface area contributed by atoms with E-state index >= 15 is 0 Å². The number of benzene rings is 1. The molecule has 1 aromatic heterocycles. The maximum atomic E-state index is 12.4. The average molecular weight is 271 g/mol. The maximum absolute atomic E-state index is 12.4. The van der Waals surface area contributed by atoms with Crippen LogP contribution in [0.2, 0.25) is 0 Å². The Morgan fingerprint density at radius 2 is 2.10 bits per heavy atom. The number of H-pyrrole nitrogens is 1. The number of carbonyl (C=O) groups excluding carboxylic acids is 1. The number of carbonyl (C=O) groups is 1. The fourth-order valence-electron chi connectivity index (χ4n) is 2.66. The Labute approximate surface area is 116 Å². The van der Waals surface area contributed by atoms with Crippen molar-refractivity contribution in [3.05, 3.63) is 29.6 Å². The van der Waals surface area contributed by atoms with Gasteiger partial charge in [0.25, 0.3) is 5.91 Å². The summed E-state index contributed by atoms with van der Waals surface area (Å²) in [4.78, 5) is 22.2. The molecule has 0 radical (unpaired) electrons. The first-order chi connectivity index (χ1) is 9.81. The molecule has 104 valence electrons. The fourth-order valence-corrected chi connectivity index (χ4v) is 2.66. The lowest BCUT2D eigenvalue weighted by molar-refractivity contribution is 0.0303. The van der Waals surface area contributed by atoms with Crippen LogP contribution in [-0.2, 0) is 4.74 Å². The quantitative estimate of drug-likeness (QED) is 0.907. The van der Waals surface area contributed by atoms with Crippen LogP contribution in [0.4, 0.5) is 0 Å². The summed E-state index contributed by atoms with van der Waals surface area (Å²) in [6.07, 6.45) is 2.44. The molecule has 1 amide bonds. The molecule has 0 atom stereocenters. The molecule has 0 unspecified atom stereocenters. The van der Waals surface area contributed by atoms with Crippen LogP contribution in [0.1, 0.15) is 34.9 Å². The normalized spacial score (nSPS) is 19.5. The van der Waals surface area contributed by atoms with E-state index in [1.807, 2.05) is 23.1 Å². The first kappa shape index (κ1) is 11.9. The molecule has 1 aromatic carbocycles. The smallest absolute Gasteiger partial charge is 0.254 e. The Morgan fingerprint density at radius 3 is 2.85 bits per heavy atom. The lowest BCUT2D eigenvalue weighted by Gasteiger charge is -2.26. The van der Waals surface area contributed by atoms with E-state index in [1.54, 1.807) is 0 Å². The van der Waals surface area contributed by atoms with E-state index in [-0.39, 0.29) is 5.91 Å². The van der Waals surface area contributed by atoms with Gasteiger partial charge in [-0.05, 0) is 31.0 Å². The van der Waals surface area contributed by atoms with Gasteiger partial charge in [-0.1, -0.05) is 0 Å². The second-order valence-electron chi connectivity index (χ2n) is 5.53. The zero-order chi connectivity index (χ0) is 13.5. The number of aromatic amines is 1. The van der Waals surface area contributed by atoms with Crippen molar-refractivity contribution >= 4 is 16.9 Å². The number of aromatic nitrogens is 2. The van der Waals surface area contributed by atoms with Gasteiger partial charge in [0, 0.05) is 24.6 Å². The van der Waals surface area contributed by atoms with Gasteiger partial charge in [0.1, 0.15) is 5.82 Å². The van der Waals surface area contributed by atoms with Crippen molar-refractivity contribution in [2.45, 2.75) is 18.8 Å². The summed E-state index contributed by atoms with van der Waals surface area (Å²) in [6, 6.07) is 5.73. The van der Waals surface area contributed by atoms with E-state index in [0.29, 0.717) is 32.2 Å². The molecule has 1 N–H and O–H groups in total. The van der Waals surface area contributed by atoms with Crippen LogP contribution in [0, 0.1) is 0 Å². The van der Waals surface area contributed by atoms with E-state index in [0.717, 1.165) is 22.4 Å². The number of nitrogens with zero attached hydrogens (tertiary/aromatic N) is 2. The van der Waals surface area contributed by atoms with E-state index < -0.39 is 0 Å². The minimum atomic E-state index is 0.0813. The van der Waals surface area contributed by atoms with Crippen molar-refractivity contribution in [1.82, 2.24) is 14.9 Å². The Balaban J connectivity index is 1.63. The minimum absolute atomic E-state index is 0.0813. The first-order valence-electron chi connectivity index (χ1n) is 7.18. The molecule has 5 nitrogen and oxygen atoms in total. The van der Waals surface area contributed by atoms with Crippen LogP contribution in [0.25, 0.3) is 11.0 Å². The zero-order valence-corrected chi connectivity index (χ0v) is 11.3. The summed E-state index contributed by atoms with van der Waals surface area (Å²) >= 11 is 0. The number of hydrogen-bond donors (Lipinski definition) is 1. The predicted octanol–water partition coefficient (Wildman–Crippen LogP) is 1.91. The van der Waals surface area contributed by atoms with E-state index in [1.165, 1.54) is 12.8 Å². The number of fused-ring (bicyclic) bond motifs is 1. The SMILES string of the molecule is O=C(c1ccc2nc(C3CC3)[nH]c2c1)N1CCOCC1. The van der Waals surface area contributed by atoms with Crippen molar-refractivity contribution in [2.24, 2.45) is 0 Å². The molecule has 4 rings (SSSR count). The number of imidazole rings is 1. The Hall–Kier alpha value is -1.88. The summed E-state index contributed by atoms with van der Waals surface area (Å²) < 4.78 is 5.28. The Kier molecular flexibility index (Phi) is 2.73. The molecule has 5 heteroatoms. The molecule has 2 fully saturated rings. The van der Waals surface area contributed by atoms with Gasteiger partial charge in [-0.2, -0.15) is 0 Å². The topological polar surface area (TPSA) is 58.2 Å². The molecular formula is C15H17N3O2. The number of nitrogens with one attached hydrogen (secondary N) is 1. The third-order valence-corrected chi connectivity index (χ3v) is 4.01. The van der Waals surface area contributed by atoms with Gasteiger partial charge in [0.2, 0.25) is 0 Å². The third kappa shape index (κ3) is 2.08. The van der Waals surface area contributed by atoms with Crippen molar-refractivity contribution in [3.8, 4) is 0 Å². The summed E-state index contributed by atoms with van der Waals surface area (Å²) in [7, 11) is 0. The van der Waals surface area contributed by atoms with E-state index in [9.17, 15) is 4.79 Å². The van der Waals surface area contributed by atoms with Crippen molar-refractivity contribution in [2.75, 3.05) is 26.3 Å². The molecule has 2 aromatic rings. The van der Waals surface area contributed by atoms with Crippen molar-refractivity contribution < 1.29 is 9.53 Å². The predicted molar refractivity (Wildman–Crippen MR) is 74.8 cm³/mol. The fraction of sp³-hybridized carbons (Fsp3) is 0.467. The Bertz CT molecular complexity index is 654. The third-order valence-electron chi connectivity index (χ3n) is 4.01. The van der Waals surface area contributed by atoms with Crippen LogP contribution in [-0.4, -0.2) is 47.1 Å². The summed E-state index contributed by atoms with van der Waals surface area (Å²) in [5.41, 5.74) is 2.64. The van der Waals surface area contributed by atoms with Crippen LogP contribution in [0.3, 0.4) is 0 Å². The lowest BCUT2D eigenvalue weighted by atomic mass is 10.1. The second-order valence-corrected chi connectivity index (χ2v) is 5.53. The number of amides is 1. The van der Waals surface area contributed by atoms with Crippen LogP contribution < -0.4 is 0 Å². The molecular weight excluding hydrogens is 254 g/mol. The monoisotopic (exact) mass is 271 g/mol. The maximum Gasteiger partial charge on any atom is 0.254 e. The molecule has 1 saturated heterocycles. The van der Waals surface area contributed by atoms with Gasteiger partial charge in [0.15, 0.2) is 0 Å². The van der Waals surface area contributed by atoms with Gasteiger partial charge in [-0.3, -0.25) is 4.79 Å². The Morgan fingerprint density at radius 1 is 1.30 bits per heavy atom. The van der Waals surface area contributed by atoms with E-state index in [4.69, 9.17) is 4.74 Å². The number of morpholine rings is 1. The van der Waals surface area contributed by atoms with Gasteiger partial charge >= 0.3 is 0 Å². The molecule has 0 bridgehead atoms. The number of hydrogen-bond acceptors (Lipinski definition) is 3. The highest BCUT2D eigenvalue weighted by molar-refractivity contribution is 5.97. The number of rotatable bonds is 2. The molecule has 1 saturated carbocycles. The van der Waals surface area contributed by atoms with Gasteiger partial charge in [0.05, 0.1) is 24.2 Å². The zero-order valence-electron chi connectivity index (χ0n) is 11.3. The summed E-state index contributed by atoms with van der Waals surface area (Å²) in [6.45, 7) is 2.61. The van der Waals surface area contributed by atoms with Crippen molar-refractivity contribution in [3.63, 3.8) is 0 Å². The molecule has 20 heavy (non-hydrogen) atoms. The molecule has 1 aliphatic carbocycles. The lowest BCUT2D eigenvalue weighted by Crippen LogP contribution is -2.40. The second kappa shape index (κ2) is 4.59. The van der Waals surface area contributed by atoms with Crippen LogP contribution >= 0.6 is 0 Å². The summed E-state index contributed by atoms with van der Waals surface area (Å²) in [5.74, 6) is 1.74. The van der Waals surface area contributed by atoms with Gasteiger partial charge in [-0.25, -0.2) is 4.98 Å². The first-order valence-corrected chi connectivity index (χ1v) is 7.18. The number of ether oxygens (including phenoxy) is 1. The molecule has 0 spiro atoms. The molecule has 2 heterocycles. The largest absolute Gasteiger partial charge is 0.378 e. The van der Waals surface area contributed by atoms with Gasteiger partial charge in [-0.15, -0.1) is 0 Å². The standard InChI is InChI=1S/C15H17N3O2/c19-15(18-5-7-20-8-6-18)11-3-4-12-13(9-11)17-14(16-12)10-1-2-10/h3-4,9-10H,1-2,5-8H2,(H,16,17). The van der Waals surface area contributed by atoms with Crippen LogP contribution in [0.5, 0.6) is 0 Å². The molecule has 2 aliphatic rings.